The van der Waals surface area contributed by atoms with E-state index >= 15 is 0 Å². The number of rotatable bonds is 6. The highest BCUT2D eigenvalue weighted by Gasteiger charge is 2.24. The van der Waals surface area contributed by atoms with Gasteiger partial charge < -0.3 is 15.2 Å². The van der Waals surface area contributed by atoms with Crippen LogP contribution in [0.5, 0.6) is 5.75 Å². The van der Waals surface area contributed by atoms with E-state index < -0.39 is 5.97 Å². The molecule has 3 rings (SSSR count). The second kappa shape index (κ2) is 8.26. The molecule has 0 spiro atoms. The van der Waals surface area contributed by atoms with Gasteiger partial charge in [-0.2, -0.15) is 5.11 Å². The van der Waals surface area contributed by atoms with Crippen LogP contribution in [0, 0.1) is 0 Å². The topological polar surface area (TPSA) is 83.3 Å². The van der Waals surface area contributed by atoms with Crippen LogP contribution in [0.3, 0.4) is 0 Å². The van der Waals surface area contributed by atoms with E-state index in [1.807, 2.05) is 48.5 Å². The Morgan fingerprint density at radius 1 is 1.08 bits per heavy atom. The number of esters is 1. The molecule has 0 saturated carbocycles. The maximum absolute atomic E-state index is 12.1. The number of nitrogens with zero attached hydrogens (tertiary/aromatic N) is 2. The number of azo groups is 1. The maximum Gasteiger partial charge on any atom is 0.352 e. The van der Waals surface area contributed by atoms with E-state index in [2.05, 4.69) is 15.5 Å². The summed E-state index contributed by atoms with van der Waals surface area (Å²) in [5.41, 5.74) is 1.65. The molecule has 6 nitrogen and oxygen atoms in total. The molecule has 0 amide bonds. The number of benzene rings is 2. The van der Waals surface area contributed by atoms with Crippen LogP contribution in [0.2, 0.25) is 0 Å². The first-order valence-electron chi connectivity index (χ1n) is 8.00. The molecule has 26 heavy (non-hydrogen) atoms. The number of nitrogens with one attached hydrogen (secondary N) is 1. The lowest BCUT2D eigenvalue weighted by Gasteiger charge is -2.03. The summed E-state index contributed by atoms with van der Waals surface area (Å²) in [6.45, 7) is 1.93. The second-order valence-corrected chi connectivity index (χ2v) is 6.23. The summed E-state index contributed by atoms with van der Waals surface area (Å²) in [5, 5.41) is 22.4. The Morgan fingerprint density at radius 3 is 2.38 bits per heavy atom. The van der Waals surface area contributed by atoms with Gasteiger partial charge in [0.1, 0.15) is 5.00 Å². The third-order valence-electron chi connectivity index (χ3n) is 3.37. The summed E-state index contributed by atoms with van der Waals surface area (Å²) in [6, 6.07) is 18.6. The number of carbonyl (C=O) groups excluding carboxylic acids is 1. The lowest BCUT2D eigenvalue weighted by Crippen LogP contribution is -2.01. The standard InChI is InChI=1S/C19H17N3O3S/c1-2-25-19(24)17-16(23)15(22-21-14-11-7-4-8-12-14)18(26-17)20-13-9-5-3-6-10-13/h3-12,20,23H,2H2,1H3. The molecule has 0 saturated heterocycles. The number of thiophene rings is 1. The van der Waals surface area contributed by atoms with Crippen LogP contribution in [-0.4, -0.2) is 17.7 Å². The molecule has 1 aromatic heterocycles. The van der Waals surface area contributed by atoms with Crippen LogP contribution in [0.1, 0.15) is 16.6 Å². The first-order chi connectivity index (χ1) is 12.7. The van der Waals surface area contributed by atoms with Crippen molar-refractivity contribution in [1.82, 2.24) is 0 Å². The van der Waals surface area contributed by atoms with E-state index in [0.717, 1.165) is 17.0 Å². The Morgan fingerprint density at radius 2 is 1.73 bits per heavy atom. The average molecular weight is 367 g/mol. The van der Waals surface area contributed by atoms with E-state index in [0.29, 0.717) is 10.7 Å². The van der Waals surface area contributed by atoms with Gasteiger partial charge >= 0.3 is 5.97 Å². The molecule has 0 bridgehead atoms. The molecule has 0 fully saturated rings. The summed E-state index contributed by atoms with van der Waals surface area (Å²) in [5.74, 6) is -0.834. The maximum atomic E-state index is 12.1. The summed E-state index contributed by atoms with van der Waals surface area (Å²) in [6.07, 6.45) is 0. The minimum absolute atomic E-state index is 0.0901. The first-order valence-corrected chi connectivity index (χ1v) is 8.82. The lowest BCUT2D eigenvalue weighted by molar-refractivity contribution is 0.0529. The van der Waals surface area contributed by atoms with E-state index in [1.54, 1.807) is 19.1 Å². The van der Waals surface area contributed by atoms with Gasteiger partial charge in [0.15, 0.2) is 16.3 Å². The molecule has 7 heteroatoms. The molecule has 0 aliphatic carbocycles. The molecule has 0 radical (unpaired) electrons. The molecule has 1 heterocycles. The van der Waals surface area contributed by atoms with Crippen molar-refractivity contribution in [2.45, 2.75) is 6.92 Å². The summed E-state index contributed by atoms with van der Waals surface area (Å²) in [4.78, 5) is 12.2. The van der Waals surface area contributed by atoms with Gasteiger partial charge in [0.25, 0.3) is 0 Å². The van der Waals surface area contributed by atoms with Crippen LogP contribution in [0.4, 0.5) is 22.1 Å². The minimum atomic E-state index is -0.590. The molecular formula is C19H17N3O3S. The fourth-order valence-corrected chi connectivity index (χ4v) is 3.12. The van der Waals surface area contributed by atoms with Gasteiger partial charge in [-0.15, -0.1) is 16.5 Å². The zero-order chi connectivity index (χ0) is 18.4. The summed E-state index contributed by atoms with van der Waals surface area (Å²) in [7, 11) is 0. The Bertz CT molecular complexity index is 909. The molecule has 0 aliphatic rings. The highest BCUT2D eigenvalue weighted by atomic mass is 32.1. The van der Waals surface area contributed by atoms with E-state index in [4.69, 9.17) is 4.74 Å². The van der Waals surface area contributed by atoms with Gasteiger partial charge in [0.05, 0.1) is 12.3 Å². The molecule has 0 unspecified atom stereocenters. The predicted octanol–water partition coefficient (Wildman–Crippen LogP) is 5.79. The van der Waals surface area contributed by atoms with Crippen LogP contribution in [0.15, 0.2) is 70.9 Å². The molecule has 2 N–H and O–H groups in total. The van der Waals surface area contributed by atoms with Crippen molar-refractivity contribution in [2.75, 3.05) is 11.9 Å². The van der Waals surface area contributed by atoms with Crippen molar-refractivity contribution in [3.63, 3.8) is 0 Å². The monoisotopic (exact) mass is 367 g/mol. The zero-order valence-electron chi connectivity index (χ0n) is 14.0. The van der Waals surface area contributed by atoms with Crippen molar-refractivity contribution in [2.24, 2.45) is 10.2 Å². The number of ether oxygens (including phenoxy) is 1. The lowest BCUT2D eigenvalue weighted by atomic mass is 10.3. The van der Waals surface area contributed by atoms with Gasteiger partial charge in [0, 0.05) is 5.69 Å². The van der Waals surface area contributed by atoms with Gasteiger partial charge in [-0.05, 0) is 31.2 Å². The van der Waals surface area contributed by atoms with E-state index in [1.165, 1.54) is 0 Å². The SMILES string of the molecule is CCOC(=O)c1sc(Nc2ccccc2)c(N=Nc2ccccc2)c1O. The highest BCUT2D eigenvalue weighted by Crippen LogP contribution is 2.47. The molecular weight excluding hydrogens is 350 g/mol. The van der Waals surface area contributed by atoms with E-state index in [-0.39, 0.29) is 22.9 Å². The van der Waals surface area contributed by atoms with Crippen molar-refractivity contribution in [3.05, 3.63) is 65.5 Å². The van der Waals surface area contributed by atoms with Crippen LogP contribution in [0.25, 0.3) is 0 Å². The number of carbonyl (C=O) groups is 1. The van der Waals surface area contributed by atoms with Crippen molar-refractivity contribution in [1.29, 1.82) is 0 Å². The Labute approximate surface area is 154 Å². The quantitative estimate of drug-likeness (QED) is 0.427. The van der Waals surface area contributed by atoms with Crippen LogP contribution >= 0.6 is 11.3 Å². The Balaban J connectivity index is 1.99. The largest absolute Gasteiger partial charge is 0.504 e. The number of para-hydroxylation sites is 1. The Kier molecular flexibility index (Phi) is 5.60. The van der Waals surface area contributed by atoms with Crippen LogP contribution in [-0.2, 0) is 4.74 Å². The first kappa shape index (κ1) is 17.6. The smallest absolute Gasteiger partial charge is 0.352 e. The van der Waals surface area contributed by atoms with Crippen LogP contribution < -0.4 is 5.32 Å². The minimum Gasteiger partial charge on any atom is -0.504 e. The van der Waals surface area contributed by atoms with E-state index in [9.17, 15) is 9.90 Å². The van der Waals surface area contributed by atoms with Gasteiger partial charge in [-0.3, -0.25) is 0 Å². The number of anilines is 2. The third kappa shape index (κ3) is 4.07. The summed E-state index contributed by atoms with van der Waals surface area (Å²) < 4.78 is 5.00. The second-order valence-electron chi connectivity index (χ2n) is 5.20. The number of aromatic hydroxyl groups is 1. The normalized spacial score (nSPS) is 10.8. The number of hydrogen-bond donors (Lipinski definition) is 2. The van der Waals surface area contributed by atoms with Gasteiger partial charge in [-0.25, -0.2) is 4.79 Å². The van der Waals surface area contributed by atoms with Crippen molar-refractivity contribution in [3.8, 4) is 5.75 Å². The fourth-order valence-electron chi connectivity index (χ4n) is 2.18. The molecule has 3 aromatic rings. The molecule has 0 aliphatic heterocycles. The Hall–Kier alpha value is -3.19. The summed E-state index contributed by atoms with van der Waals surface area (Å²) >= 11 is 1.07. The fraction of sp³-hybridized carbons (Fsp3) is 0.105. The predicted molar refractivity (Wildman–Crippen MR) is 102 cm³/mol. The average Bonchev–Trinajstić information content (AvgIpc) is 2.97. The van der Waals surface area contributed by atoms with Gasteiger partial charge in [0.2, 0.25) is 0 Å². The molecule has 132 valence electrons. The molecule has 2 aromatic carbocycles. The highest BCUT2D eigenvalue weighted by molar-refractivity contribution is 7.19. The van der Waals surface area contributed by atoms with Crippen molar-refractivity contribution >= 4 is 39.4 Å². The molecule has 0 atom stereocenters. The zero-order valence-corrected chi connectivity index (χ0v) is 14.9. The number of hydrogen-bond acceptors (Lipinski definition) is 7. The van der Waals surface area contributed by atoms with Crippen molar-refractivity contribution < 1.29 is 14.6 Å². The third-order valence-corrected chi connectivity index (χ3v) is 4.44. The van der Waals surface area contributed by atoms with Gasteiger partial charge in [-0.1, -0.05) is 36.4 Å².